The molecule has 6 rings (SSSR count). The van der Waals surface area contributed by atoms with Crippen LogP contribution < -0.4 is 10.5 Å². The van der Waals surface area contributed by atoms with E-state index >= 15 is 0 Å². The van der Waals surface area contributed by atoms with Gasteiger partial charge in [0.1, 0.15) is 36.3 Å². The Kier molecular flexibility index (Phi) is 4.10. The maximum atomic E-state index is 14.3. The van der Waals surface area contributed by atoms with Gasteiger partial charge in [-0.2, -0.15) is 0 Å². The van der Waals surface area contributed by atoms with Crippen molar-refractivity contribution in [2.75, 3.05) is 18.9 Å². The van der Waals surface area contributed by atoms with E-state index in [1.807, 2.05) is 16.1 Å². The first-order chi connectivity index (χ1) is 15.1. The molecule has 160 valence electrons. The molecule has 0 radical (unpaired) electrons. The third-order valence-electron chi connectivity index (χ3n) is 6.16. The Morgan fingerprint density at radius 3 is 2.90 bits per heavy atom. The first-order valence-electron chi connectivity index (χ1n) is 10.5. The summed E-state index contributed by atoms with van der Waals surface area (Å²) < 4.78 is 30.1. The molecule has 0 bridgehead atoms. The van der Waals surface area contributed by atoms with Gasteiger partial charge in [-0.3, -0.25) is 4.57 Å². The van der Waals surface area contributed by atoms with Crippen molar-refractivity contribution in [2.45, 2.75) is 44.9 Å². The average molecular weight is 423 g/mol. The predicted octanol–water partition coefficient (Wildman–Crippen LogP) is 3.14. The van der Waals surface area contributed by atoms with Crippen molar-refractivity contribution < 1.29 is 13.9 Å². The van der Waals surface area contributed by atoms with E-state index in [0.717, 1.165) is 30.9 Å². The molecule has 0 aliphatic carbocycles. The number of imidazole rings is 2. The second-order valence-electron chi connectivity index (χ2n) is 8.03. The molecular formula is C21H22FN7O2. The summed E-state index contributed by atoms with van der Waals surface area (Å²) >= 11 is 0. The molecule has 0 saturated carbocycles. The molecule has 1 aromatic carbocycles. The van der Waals surface area contributed by atoms with E-state index in [1.165, 1.54) is 12.4 Å². The number of ether oxygens (including phenoxy) is 2. The van der Waals surface area contributed by atoms with Gasteiger partial charge in [-0.1, -0.05) is 0 Å². The fourth-order valence-corrected chi connectivity index (χ4v) is 4.69. The van der Waals surface area contributed by atoms with Crippen LogP contribution in [0.2, 0.25) is 0 Å². The molecule has 0 spiro atoms. The quantitative estimate of drug-likeness (QED) is 0.540. The van der Waals surface area contributed by atoms with Crippen molar-refractivity contribution in [3.8, 4) is 5.75 Å². The van der Waals surface area contributed by atoms with Crippen LogP contribution in [0, 0.1) is 5.82 Å². The summed E-state index contributed by atoms with van der Waals surface area (Å²) in [5.74, 6) is 1.56. The summed E-state index contributed by atoms with van der Waals surface area (Å²) in [7, 11) is 0. The molecule has 31 heavy (non-hydrogen) atoms. The Morgan fingerprint density at radius 1 is 1.16 bits per heavy atom. The van der Waals surface area contributed by atoms with Crippen molar-refractivity contribution in [1.29, 1.82) is 0 Å². The van der Waals surface area contributed by atoms with E-state index < -0.39 is 0 Å². The van der Waals surface area contributed by atoms with Crippen LogP contribution in [0.4, 0.5) is 10.2 Å². The van der Waals surface area contributed by atoms with Gasteiger partial charge in [0.25, 0.3) is 0 Å². The Labute approximate surface area is 177 Å². The van der Waals surface area contributed by atoms with Crippen LogP contribution in [0.5, 0.6) is 5.75 Å². The summed E-state index contributed by atoms with van der Waals surface area (Å²) in [6.45, 7) is 3.71. The van der Waals surface area contributed by atoms with E-state index in [2.05, 4.69) is 9.97 Å². The van der Waals surface area contributed by atoms with Crippen LogP contribution in [0.3, 0.4) is 0 Å². The minimum Gasteiger partial charge on any atom is -0.486 e. The SMILES string of the molecule is CC(c1nc2ccc(F)c3c2n1CCO3)c1nc2c(N)ncnc2n1C1CCCCO1. The number of hydrogen-bond acceptors (Lipinski definition) is 7. The maximum Gasteiger partial charge on any atom is 0.180 e. The first-order valence-corrected chi connectivity index (χ1v) is 10.5. The first kappa shape index (κ1) is 18.5. The minimum atomic E-state index is -0.376. The van der Waals surface area contributed by atoms with E-state index in [4.69, 9.17) is 25.2 Å². The molecular weight excluding hydrogens is 401 g/mol. The fraction of sp³-hybridized carbons (Fsp3) is 0.429. The molecule has 2 atom stereocenters. The summed E-state index contributed by atoms with van der Waals surface area (Å²) in [4.78, 5) is 18.3. The van der Waals surface area contributed by atoms with E-state index in [1.54, 1.807) is 6.07 Å². The number of hydrogen-bond donors (Lipinski definition) is 1. The number of rotatable bonds is 3. The van der Waals surface area contributed by atoms with Gasteiger partial charge < -0.3 is 19.8 Å². The van der Waals surface area contributed by atoms with Gasteiger partial charge in [-0.15, -0.1) is 0 Å². The summed E-state index contributed by atoms with van der Waals surface area (Å²) in [5.41, 5.74) is 8.73. The van der Waals surface area contributed by atoms with Crippen molar-refractivity contribution in [3.63, 3.8) is 0 Å². The van der Waals surface area contributed by atoms with Crippen molar-refractivity contribution >= 4 is 28.0 Å². The van der Waals surface area contributed by atoms with Gasteiger partial charge in [0.2, 0.25) is 0 Å². The van der Waals surface area contributed by atoms with E-state index in [0.29, 0.717) is 47.8 Å². The van der Waals surface area contributed by atoms with Gasteiger partial charge >= 0.3 is 0 Å². The molecule has 0 amide bonds. The number of fused-ring (bicyclic) bond motifs is 1. The number of aromatic nitrogens is 6. The maximum absolute atomic E-state index is 14.3. The fourth-order valence-electron chi connectivity index (χ4n) is 4.69. The lowest BCUT2D eigenvalue weighted by atomic mass is 10.1. The standard InChI is InChI=1S/C21H22FN7O2/c1-11(19-26-13-6-5-12(22)17-16(13)28(19)7-9-31-17)20-27-15-18(23)24-10-25-21(15)29(20)14-4-2-3-8-30-14/h5-6,10-11,14H,2-4,7-9H2,1H3,(H2,23,24,25). The van der Waals surface area contributed by atoms with Gasteiger partial charge in [0.05, 0.1) is 18.0 Å². The van der Waals surface area contributed by atoms with Crippen LogP contribution in [-0.2, 0) is 11.3 Å². The zero-order valence-corrected chi connectivity index (χ0v) is 17.1. The van der Waals surface area contributed by atoms with E-state index in [-0.39, 0.29) is 23.7 Å². The van der Waals surface area contributed by atoms with Crippen LogP contribution in [0.25, 0.3) is 22.2 Å². The molecule has 10 heteroatoms. The molecule has 2 unspecified atom stereocenters. The molecule has 4 aromatic rings. The normalized spacial score (nSPS) is 19.6. The smallest absolute Gasteiger partial charge is 0.180 e. The lowest BCUT2D eigenvalue weighted by molar-refractivity contribution is -0.0316. The van der Waals surface area contributed by atoms with Gasteiger partial charge in [-0.05, 0) is 38.3 Å². The molecule has 2 N–H and O–H groups in total. The topological polar surface area (TPSA) is 106 Å². The highest BCUT2D eigenvalue weighted by Crippen LogP contribution is 2.38. The number of nitrogen functional groups attached to an aromatic ring is 1. The molecule has 5 heterocycles. The van der Waals surface area contributed by atoms with Crippen molar-refractivity contribution in [1.82, 2.24) is 29.1 Å². The lowest BCUT2D eigenvalue weighted by Crippen LogP contribution is -2.23. The zero-order valence-electron chi connectivity index (χ0n) is 17.1. The summed E-state index contributed by atoms with van der Waals surface area (Å²) in [5, 5.41) is 0. The second kappa shape index (κ2) is 6.88. The monoisotopic (exact) mass is 423 g/mol. The minimum absolute atomic E-state index is 0.174. The largest absolute Gasteiger partial charge is 0.486 e. The van der Waals surface area contributed by atoms with Crippen LogP contribution in [-0.4, -0.2) is 42.3 Å². The number of nitrogens with two attached hydrogens (primary N) is 1. The van der Waals surface area contributed by atoms with Crippen LogP contribution >= 0.6 is 0 Å². The highest BCUT2D eigenvalue weighted by molar-refractivity contribution is 5.84. The lowest BCUT2D eigenvalue weighted by Gasteiger charge is -2.27. The van der Waals surface area contributed by atoms with Gasteiger partial charge in [0.15, 0.2) is 28.5 Å². The van der Waals surface area contributed by atoms with Crippen molar-refractivity contribution in [2.24, 2.45) is 0 Å². The number of halogens is 1. The zero-order chi connectivity index (χ0) is 21.1. The van der Waals surface area contributed by atoms with Gasteiger partial charge in [0, 0.05) is 6.61 Å². The number of anilines is 1. The second-order valence-corrected chi connectivity index (χ2v) is 8.03. The van der Waals surface area contributed by atoms with Crippen molar-refractivity contribution in [3.05, 3.63) is 35.9 Å². The Bertz CT molecular complexity index is 1310. The molecule has 1 fully saturated rings. The van der Waals surface area contributed by atoms with E-state index in [9.17, 15) is 4.39 Å². The summed E-state index contributed by atoms with van der Waals surface area (Å²) in [6, 6.07) is 3.09. The highest BCUT2D eigenvalue weighted by Gasteiger charge is 2.31. The molecule has 2 aliphatic heterocycles. The Balaban J connectivity index is 1.56. The number of benzene rings is 1. The summed E-state index contributed by atoms with van der Waals surface area (Å²) in [6.07, 6.45) is 4.25. The average Bonchev–Trinajstić information content (AvgIpc) is 3.37. The number of nitrogens with zero attached hydrogens (tertiary/aromatic N) is 6. The predicted molar refractivity (Wildman–Crippen MR) is 111 cm³/mol. The molecule has 2 aliphatic rings. The molecule has 3 aromatic heterocycles. The third-order valence-corrected chi connectivity index (χ3v) is 6.16. The highest BCUT2D eigenvalue weighted by atomic mass is 19.1. The van der Waals surface area contributed by atoms with Crippen LogP contribution in [0.1, 0.15) is 50.0 Å². The van der Waals surface area contributed by atoms with Gasteiger partial charge in [-0.25, -0.2) is 24.3 Å². The molecule has 1 saturated heterocycles. The van der Waals surface area contributed by atoms with Crippen LogP contribution in [0.15, 0.2) is 18.5 Å². The third kappa shape index (κ3) is 2.71. The Hall–Kier alpha value is -3.27. The molecule has 9 nitrogen and oxygen atoms in total. The Morgan fingerprint density at radius 2 is 2.06 bits per heavy atom.